The summed E-state index contributed by atoms with van der Waals surface area (Å²) in [6.45, 7) is 10.3. The number of nitrogens with zero attached hydrogens (tertiary/aromatic N) is 4. The fourth-order valence-electron chi connectivity index (χ4n) is 4.42. The zero-order valence-corrected chi connectivity index (χ0v) is 18.1. The Kier molecular flexibility index (Phi) is 4.52. The van der Waals surface area contributed by atoms with Crippen molar-refractivity contribution in [1.82, 2.24) is 24.1 Å². The minimum absolute atomic E-state index is 0.00730. The second kappa shape index (κ2) is 7.07. The van der Waals surface area contributed by atoms with Crippen LogP contribution in [0.5, 0.6) is 0 Å². The van der Waals surface area contributed by atoms with E-state index in [4.69, 9.17) is 0 Å². The molecule has 1 fully saturated rings. The molecule has 0 spiro atoms. The summed E-state index contributed by atoms with van der Waals surface area (Å²) in [5.74, 6) is 0. The number of aromatic nitrogens is 2. The van der Waals surface area contributed by atoms with Crippen LogP contribution in [0.1, 0.15) is 17.4 Å². The highest BCUT2D eigenvalue weighted by molar-refractivity contribution is 7.18. The van der Waals surface area contributed by atoms with Gasteiger partial charge in [-0.05, 0) is 37.6 Å². The predicted molar refractivity (Wildman–Crippen MR) is 119 cm³/mol. The maximum Gasteiger partial charge on any atom is 0.273 e. The molecule has 0 aromatic carbocycles. The van der Waals surface area contributed by atoms with Gasteiger partial charge in [0.2, 0.25) is 0 Å². The van der Waals surface area contributed by atoms with Gasteiger partial charge < -0.3 is 19.2 Å². The summed E-state index contributed by atoms with van der Waals surface area (Å²) >= 11 is 1.78. The van der Waals surface area contributed by atoms with Gasteiger partial charge in [-0.25, -0.2) is 0 Å². The number of likely N-dealkylation sites (N-methyl/N-ethyl adjacent to an activating group) is 1. The van der Waals surface area contributed by atoms with Crippen molar-refractivity contribution in [2.75, 3.05) is 39.8 Å². The molecule has 152 valence electrons. The van der Waals surface area contributed by atoms with Gasteiger partial charge in [0.1, 0.15) is 10.3 Å². The van der Waals surface area contributed by atoms with Crippen molar-refractivity contribution in [2.24, 2.45) is 0 Å². The van der Waals surface area contributed by atoms with Crippen molar-refractivity contribution in [3.05, 3.63) is 62.7 Å². The van der Waals surface area contributed by atoms with Crippen LogP contribution in [0.3, 0.4) is 0 Å². The number of piperazine rings is 1. The van der Waals surface area contributed by atoms with Crippen LogP contribution in [0.4, 0.5) is 0 Å². The maximum absolute atomic E-state index is 12.4. The average molecular weight is 410 g/mol. The lowest BCUT2D eigenvalue weighted by Crippen LogP contribution is -2.46. The van der Waals surface area contributed by atoms with Crippen LogP contribution < -0.4 is 5.56 Å². The van der Waals surface area contributed by atoms with Crippen molar-refractivity contribution in [2.45, 2.75) is 20.4 Å². The van der Waals surface area contributed by atoms with Gasteiger partial charge in [-0.15, -0.1) is 11.3 Å². The van der Waals surface area contributed by atoms with Crippen LogP contribution in [0.2, 0.25) is 0 Å². The van der Waals surface area contributed by atoms with Gasteiger partial charge in [-0.1, -0.05) is 6.08 Å². The molecule has 0 saturated carbocycles. The molecule has 0 unspecified atom stereocenters. The summed E-state index contributed by atoms with van der Waals surface area (Å²) < 4.78 is 2.04. The second-order valence-electron chi connectivity index (χ2n) is 8.12. The molecular formula is C22H27N5OS. The largest absolute Gasteiger partial charge is 0.373 e. The second-order valence-corrected chi connectivity index (χ2v) is 9.23. The van der Waals surface area contributed by atoms with Gasteiger partial charge in [-0.2, -0.15) is 0 Å². The minimum atomic E-state index is -0.00730. The Morgan fingerprint density at radius 3 is 2.76 bits per heavy atom. The van der Waals surface area contributed by atoms with E-state index in [-0.39, 0.29) is 5.56 Å². The van der Waals surface area contributed by atoms with E-state index in [1.165, 1.54) is 16.3 Å². The minimum Gasteiger partial charge on any atom is -0.373 e. The summed E-state index contributed by atoms with van der Waals surface area (Å²) in [4.78, 5) is 25.2. The third-order valence-corrected chi connectivity index (χ3v) is 7.34. The molecule has 29 heavy (non-hydrogen) atoms. The molecule has 5 heterocycles. The molecule has 2 aliphatic heterocycles. The van der Waals surface area contributed by atoms with E-state index in [1.807, 2.05) is 23.6 Å². The van der Waals surface area contributed by atoms with Crippen molar-refractivity contribution in [3.8, 4) is 0 Å². The number of thiophene rings is 1. The van der Waals surface area contributed by atoms with E-state index < -0.39 is 0 Å². The molecule has 3 aromatic rings. The third-order valence-electron chi connectivity index (χ3n) is 6.22. The lowest BCUT2D eigenvalue weighted by Gasteiger charge is -2.39. The van der Waals surface area contributed by atoms with Gasteiger partial charge in [-0.3, -0.25) is 9.69 Å². The smallest absolute Gasteiger partial charge is 0.273 e. The standard InChI is InChI=1S/C22H27N5OS/c1-15-6-8-27-20(15)21(28)23-18-13-17(29-22(18)27)14-25-9-11-26(12-10-25)19-5-4-7-24(3)16(19)2/h4-6,8,13H,7,9-12,14H2,1-3H3,(H,23,28). The summed E-state index contributed by atoms with van der Waals surface area (Å²) in [6, 6.07) is 4.16. The first-order chi connectivity index (χ1) is 14.0. The first-order valence-electron chi connectivity index (χ1n) is 10.2. The molecule has 0 radical (unpaired) electrons. The van der Waals surface area contributed by atoms with E-state index in [2.05, 4.69) is 51.9 Å². The molecule has 5 rings (SSSR count). The number of aryl methyl sites for hydroxylation is 1. The summed E-state index contributed by atoms with van der Waals surface area (Å²) in [6.07, 6.45) is 6.53. The van der Waals surface area contributed by atoms with Crippen LogP contribution in [0.25, 0.3) is 15.9 Å². The average Bonchev–Trinajstić information content (AvgIpc) is 3.28. The normalized spacial score (nSPS) is 18.6. The Hall–Kier alpha value is -2.51. The molecule has 0 aliphatic carbocycles. The Morgan fingerprint density at radius 1 is 1.17 bits per heavy atom. The fourth-order valence-corrected chi connectivity index (χ4v) is 5.57. The molecule has 6 nitrogen and oxygen atoms in total. The Bertz CT molecular complexity index is 1190. The van der Waals surface area contributed by atoms with Crippen LogP contribution >= 0.6 is 11.3 Å². The number of rotatable bonds is 3. The fraction of sp³-hybridized carbons (Fsp3) is 0.409. The van der Waals surface area contributed by atoms with Crippen LogP contribution in [-0.4, -0.2) is 63.9 Å². The quantitative estimate of drug-likeness (QED) is 0.722. The van der Waals surface area contributed by atoms with E-state index >= 15 is 0 Å². The van der Waals surface area contributed by atoms with Crippen LogP contribution in [0.15, 0.2) is 46.7 Å². The SMILES string of the molecule is CC1=C(N2CCN(Cc3cc4[nH]c(=O)c5c(C)ccn5c4s3)CC2)C=CCN1C. The molecule has 0 amide bonds. The van der Waals surface area contributed by atoms with Crippen molar-refractivity contribution in [1.29, 1.82) is 0 Å². The van der Waals surface area contributed by atoms with Crippen molar-refractivity contribution in [3.63, 3.8) is 0 Å². The number of allylic oxidation sites excluding steroid dienone is 2. The van der Waals surface area contributed by atoms with Crippen molar-refractivity contribution < 1.29 is 0 Å². The number of hydrogen-bond acceptors (Lipinski definition) is 5. The maximum atomic E-state index is 12.4. The monoisotopic (exact) mass is 409 g/mol. The molecule has 7 heteroatoms. The molecule has 0 atom stereocenters. The highest BCUT2D eigenvalue weighted by Crippen LogP contribution is 2.27. The van der Waals surface area contributed by atoms with Gasteiger partial charge in [0.25, 0.3) is 5.56 Å². The Labute approximate surface area is 174 Å². The van der Waals surface area contributed by atoms with E-state index in [9.17, 15) is 4.79 Å². The molecule has 0 bridgehead atoms. The lowest BCUT2D eigenvalue weighted by atomic mass is 10.1. The summed E-state index contributed by atoms with van der Waals surface area (Å²) in [7, 11) is 2.16. The first-order valence-corrected chi connectivity index (χ1v) is 11.0. The first kappa shape index (κ1) is 18.5. The zero-order chi connectivity index (χ0) is 20.1. The van der Waals surface area contributed by atoms with E-state index in [0.29, 0.717) is 0 Å². The Balaban J connectivity index is 1.33. The molecule has 1 saturated heterocycles. The van der Waals surface area contributed by atoms with E-state index in [1.54, 1.807) is 11.3 Å². The van der Waals surface area contributed by atoms with Gasteiger partial charge in [0, 0.05) is 63.1 Å². The summed E-state index contributed by atoms with van der Waals surface area (Å²) in [5, 5.41) is 0. The van der Waals surface area contributed by atoms with Crippen LogP contribution in [0, 0.1) is 6.92 Å². The highest BCUT2D eigenvalue weighted by Gasteiger charge is 2.22. The van der Waals surface area contributed by atoms with Gasteiger partial charge >= 0.3 is 0 Å². The Morgan fingerprint density at radius 2 is 1.97 bits per heavy atom. The zero-order valence-electron chi connectivity index (χ0n) is 17.2. The molecule has 1 N–H and O–H groups in total. The number of nitrogens with one attached hydrogen (secondary N) is 1. The summed E-state index contributed by atoms with van der Waals surface area (Å²) in [5.41, 5.74) is 5.43. The number of hydrogen-bond donors (Lipinski definition) is 1. The lowest BCUT2D eigenvalue weighted by molar-refractivity contribution is 0.153. The molecular weight excluding hydrogens is 382 g/mol. The van der Waals surface area contributed by atoms with Crippen LogP contribution in [-0.2, 0) is 6.54 Å². The molecule has 3 aromatic heterocycles. The highest BCUT2D eigenvalue weighted by atomic mass is 32.1. The van der Waals surface area contributed by atoms with Gasteiger partial charge in [0.05, 0.1) is 11.2 Å². The number of H-pyrrole nitrogens is 1. The number of fused-ring (bicyclic) bond motifs is 3. The van der Waals surface area contributed by atoms with E-state index in [0.717, 1.165) is 60.7 Å². The van der Waals surface area contributed by atoms with Crippen molar-refractivity contribution >= 4 is 27.2 Å². The molecule has 2 aliphatic rings. The number of aromatic amines is 1. The third kappa shape index (κ3) is 3.18. The predicted octanol–water partition coefficient (Wildman–Crippen LogP) is 3.00. The topological polar surface area (TPSA) is 47.0 Å². The van der Waals surface area contributed by atoms with Gasteiger partial charge in [0.15, 0.2) is 0 Å².